The van der Waals surface area contributed by atoms with Crippen molar-refractivity contribution >= 4 is 28.3 Å². The fourth-order valence-electron chi connectivity index (χ4n) is 2.75. The molecule has 3 aromatic heterocycles. The van der Waals surface area contributed by atoms with Crippen LogP contribution in [-0.4, -0.2) is 27.8 Å². The molecular weight excluding hydrogens is 324 g/mol. The SMILES string of the molecule is CONC(=O)c1cc(-c2cc(C)sc2C)nc2c1cnn2C(C)C. The Morgan fingerprint density at radius 2 is 2.08 bits per heavy atom. The summed E-state index contributed by atoms with van der Waals surface area (Å²) in [6.07, 6.45) is 1.68. The van der Waals surface area contributed by atoms with E-state index in [0.29, 0.717) is 16.6 Å². The van der Waals surface area contributed by atoms with E-state index in [-0.39, 0.29) is 11.9 Å². The summed E-state index contributed by atoms with van der Waals surface area (Å²) in [6.45, 7) is 8.20. The van der Waals surface area contributed by atoms with Gasteiger partial charge in [0.05, 0.1) is 30.0 Å². The van der Waals surface area contributed by atoms with Gasteiger partial charge in [-0.05, 0) is 39.8 Å². The molecule has 0 unspecified atom stereocenters. The highest BCUT2D eigenvalue weighted by Gasteiger charge is 2.19. The number of thiophene rings is 1. The molecular formula is C17H20N4O2S. The number of amides is 1. The lowest BCUT2D eigenvalue weighted by Crippen LogP contribution is -2.22. The van der Waals surface area contributed by atoms with Crippen LogP contribution in [0.25, 0.3) is 22.3 Å². The number of carbonyl (C=O) groups is 1. The molecule has 7 heteroatoms. The molecule has 0 saturated heterocycles. The average molecular weight is 344 g/mol. The summed E-state index contributed by atoms with van der Waals surface area (Å²) in [5.41, 5.74) is 5.41. The lowest BCUT2D eigenvalue weighted by Gasteiger charge is -2.10. The number of hydrogen-bond acceptors (Lipinski definition) is 5. The number of pyridine rings is 1. The molecule has 3 aromatic rings. The highest BCUT2D eigenvalue weighted by molar-refractivity contribution is 7.12. The first-order chi connectivity index (χ1) is 11.4. The summed E-state index contributed by atoms with van der Waals surface area (Å²) in [5.74, 6) is -0.306. The Hall–Kier alpha value is -2.25. The lowest BCUT2D eigenvalue weighted by atomic mass is 10.1. The standard InChI is InChI=1S/C17H20N4O2S/c1-9(2)21-16-14(8-18-21)13(17(22)20-23-5)7-15(19-16)12-6-10(3)24-11(12)4/h6-9H,1-5H3,(H,20,22). The Bertz CT molecular complexity index is 911. The molecule has 0 saturated carbocycles. The van der Waals surface area contributed by atoms with Gasteiger partial charge in [0.15, 0.2) is 5.65 Å². The maximum Gasteiger partial charge on any atom is 0.275 e. The van der Waals surface area contributed by atoms with Crippen LogP contribution in [0.3, 0.4) is 0 Å². The maximum atomic E-state index is 12.4. The van der Waals surface area contributed by atoms with Gasteiger partial charge in [-0.25, -0.2) is 15.1 Å². The van der Waals surface area contributed by atoms with Crippen LogP contribution < -0.4 is 5.48 Å². The summed E-state index contributed by atoms with van der Waals surface area (Å²) in [7, 11) is 1.42. The summed E-state index contributed by atoms with van der Waals surface area (Å²) in [5, 5.41) is 5.11. The molecule has 0 fully saturated rings. The normalized spacial score (nSPS) is 11.4. The first-order valence-corrected chi connectivity index (χ1v) is 8.53. The second kappa shape index (κ2) is 6.33. The number of aromatic nitrogens is 3. The van der Waals surface area contributed by atoms with Crippen LogP contribution in [0, 0.1) is 13.8 Å². The molecule has 24 heavy (non-hydrogen) atoms. The summed E-state index contributed by atoms with van der Waals surface area (Å²) in [6, 6.07) is 4.05. The molecule has 0 radical (unpaired) electrons. The van der Waals surface area contributed by atoms with E-state index in [1.165, 1.54) is 16.9 Å². The van der Waals surface area contributed by atoms with Crippen LogP contribution in [0.15, 0.2) is 18.3 Å². The molecule has 0 aromatic carbocycles. The Balaban J connectivity index is 2.28. The minimum absolute atomic E-state index is 0.147. The third-order valence-corrected chi connectivity index (χ3v) is 4.78. The number of carbonyl (C=O) groups excluding carboxylic acids is 1. The highest BCUT2D eigenvalue weighted by Crippen LogP contribution is 2.32. The van der Waals surface area contributed by atoms with Gasteiger partial charge in [-0.1, -0.05) is 0 Å². The van der Waals surface area contributed by atoms with Crippen molar-refractivity contribution in [3.05, 3.63) is 33.6 Å². The molecule has 0 aliphatic rings. The monoisotopic (exact) mass is 344 g/mol. The average Bonchev–Trinajstić information content (AvgIpc) is 3.09. The quantitative estimate of drug-likeness (QED) is 0.734. The van der Waals surface area contributed by atoms with E-state index >= 15 is 0 Å². The van der Waals surface area contributed by atoms with E-state index < -0.39 is 0 Å². The Labute approximate surface area is 144 Å². The fraction of sp³-hybridized carbons (Fsp3) is 0.353. The van der Waals surface area contributed by atoms with E-state index in [4.69, 9.17) is 9.82 Å². The van der Waals surface area contributed by atoms with E-state index in [1.54, 1.807) is 23.6 Å². The smallest absolute Gasteiger partial charge is 0.275 e. The summed E-state index contributed by atoms with van der Waals surface area (Å²) >= 11 is 1.72. The Morgan fingerprint density at radius 3 is 2.67 bits per heavy atom. The van der Waals surface area contributed by atoms with Crippen molar-refractivity contribution in [3.8, 4) is 11.3 Å². The van der Waals surface area contributed by atoms with Gasteiger partial charge in [0, 0.05) is 21.4 Å². The molecule has 3 heterocycles. The number of nitrogens with one attached hydrogen (secondary N) is 1. The molecule has 0 aliphatic carbocycles. The minimum atomic E-state index is -0.306. The zero-order chi connectivity index (χ0) is 17.4. The third kappa shape index (κ3) is 2.81. The number of hydroxylamine groups is 1. The lowest BCUT2D eigenvalue weighted by molar-refractivity contribution is 0.0539. The topological polar surface area (TPSA) is 69.0 Å². The fourth-order valence-corrected chi connectivity index (χ4v) is 3.69. The molecule has 3 rings (SSSR count). The first-order valence-electron chi connectivity index (χ1n) is 7.71. The van der Waals surface area contributed by atoms with E-state index in [2.05, 4.69) is 30.5 Å². The second-order valence-electron chi connectivity index (χ2n) is 5.94. The van der Waals surface area contributed by atoms with Crippen molar-refractivity contribution in [1.29, 1.82) is 0 Å². The number of aryl methyl sites for hydroxylation is 2. The molecule has 0 spiro atoms. The van der Waals surface area contributed by atoms with Crippen molar-refractivity contribution in [3.63, 3.8) is 0 Å². The van der Waals surface area contributed by atoms with Gasteiger partial charge in [0.1, 0.15) is 0 Å². The molecule has 0 atom stereocenters. The molecule has 0 bridgehead atoms. The molecule has 1 N–H and O–H groups in total. The van der Waals surface area contributed by atoms with Gasteiger partial charge >= 0.3 is 0 Å². The summed E-state index contributed by atoms with van der Waals surface area (Å²) < 4.78 is 1.83. The molecule has 0 aliphatic heterocycles. The van der Waals surface area contributed by atoms with Gasteiger partial charge in [0.25, 0.3) is 5.91 Å². The van der Waals surface area contributed by atoms with Crippen LogP contribution in [0.1, 0.15) is 40.0 Å². The van der Waals surface area contributed by atoms with Crippen molar-refractivity contribution in [2.24, 2.45) is 0 Å². The maximum absolute atomic E-state index is 12.4. The predicted molar refractivity (Wildman–Crippen MR) is 95.2 cm³/mol. The van der Waals surface area contributed by atoms with Gasteiger partial charge in [-0.15, -0.1) is 11.3 Å². The van der Waals surface area contributed by atoms with Gasteiger partial charge in [-0.3, -0.25) is 9.63 Å². The minimum Gasteiger partial charge on any atom is -0.277 e. The van der Waals surface area contributed by atoms with Crippen LogP contribution in [0.2, 0.25) is 0 Å². The van der Waals surface area contributed by atoms with E-state index in [1.807, 2.05) is 18.5 Å². The highest BCUT2D eigenvalue weighted by atomic mass is 32.1. The zero-order valence-electron chi connectivity index (χ0n) is 14.4. The van der Waals surface area contributed by atoms with Crippen LogP contribution in [0.5, 0.6) is 0 Å². The molecule has 126 valence electrons. The molecule has 1 amide bonds. The molecule has 6 nitrogen and oxygen atoms in total. The largest absolute Gasteiger partial charge is 0.277 e. The van der Waals surface area contributed by atoms with Gasteiger partial charge in [-0.2, -0.15) is 5.10 Å². The van der Waals surface area contributed by atoms with Crippen molar-refractivity contribution in [2.45, 2.75) is 33.7 Å². The third-order valence-electron chi connectivity index (χ3n) is 3.81. The number of fused-ring (bicyclic) bond motifs is 1. The predicted octanol–water partition coefficient (Wildman–Crippen LogP) is 3.65. The Morgan fingerprint density at radius 1 is 1.33 bits per heavy atom. The Kier molecular flexibility index (Phi) is 4.38. The van der Waals surface area contributed by atoms with Gasteiger partial charge < -0.3 is 0 Å². The van der Waals surface area contributed by atoms with E-state index in [9.17, 15) is 4.79 Å². The van der Waals surface area contributed by atoms with Crippen LogP contribution in [0.4, 0.5) is 0 Å². The van der Waals surface area contributed by atoms with E-state index in [0.717, 1.165) is 11.3 Å². The van der Waals surface area contributed by atoms with Crippen molar-refractivity contribution < 1.29 is 9.63 Å². The van der Waals surface area contributed by atoms with Crippen molar-refractivity contribution in [2.75, 3.05) is 7.11 Å². The first kappa shape index (κ1) is 16.6. The van der Waals surface area contributed by atoms with Crippen molar-refractivity contribution in [1.82, 2.24) is 20.2 Å². The van der Waals surface area contributed by atoms with Crippen LogP contribution in [-0.2, 0) is 4.84 Å². The number of rotatable bonds is 4. The van der Waals surface area contributed by atoms with Crippen LogP contribution >= 0.6 is 11.3 Å². The van der Waals surface area contributed by atoms with Gasteiger partial charge in [0.2, 0.25) is 0 Å². The zero-order valence-corrected chi connectivity index (χ0v) is 15.2. The number of nitrogens with zero attached hydrogens (tertiary/aromatic N) is 3. The summed E-state index contributed by atoms with van der Waals surface area (Å²) in [4.78, 5) is 24.4. The second-order valence-corrected chi connectivity index (χ2v) is 7.40. The number of hydrogen-bond donors (Lipinski definition) is 1.